The summed E-state index contributed by atoms with van der Waals surface area (Å²) in [5.74, 6) is 1.59. The first-order valence-corrected chi connectivity index (χ1v) is 11.4. The first-order valence-electron chi connectivity index (χ1n) is 9.80. The first kappa shape index (κ1) is 21.3. The number of nitrogens with zero attached hydrogens (tertiary/aromatic N) is 3. The number of carboxylic acid groups (broad SMARTS) is 1. The van der Waals surface area contributed by atoms with Gasteiger partial charge in [-0.25, -0.2) is 4.99 Å². The molecule has 2 aromatic carbocycles. The van der Waals surface area contributed by atoms with Gasteiger partial charge < -0.3 is 14.7 Å². The van der Waals surface area contributed by atoms with Crippen molar-refractivity contribution in [3.05, 3.63) is 50.9 Å². The van der Waals surface area contributed by atoms with E-state index in [-0.39, 0.29) is 0 Å². The monoisotopic (exact) mass is 535 g/mol. The van der Waals surface area contributed by atoms with Crippen molar-refractivity contribution in [2.24, 2.45) is 10.4 Å². The highest BCUT2D eigenvalue weighted by Gasteiger charge is 2.32. The Hall–Kier alpha value is -1.90. The summed E-state index contributed by atoms with van der Waals surface area (Å²) in [6.45, 7) is 7.19. The van der Waals surface area contributed by atoms with Crippen molar-refractivity contribution >= 4 is 49.4 Å². The quantitative estimate of drug-likeness (QED) is 0.589. The number of aliphatic carboxylic acids is 1. The molecule has 2 aliphatic rings. The van der Waals surface area contributed by atoms with Gasteiger partial charge in [-0.2, -0.15) is 0 Å². The van der Waals surface area contributed by atoms with E-state index < -0.39 is 11.4 Å². The van der Waals surface area contributed by atoms with Crippen LogP contribution in [0.1, 0.15) is 19.4 Å². The van der Waals surface area contributed by atoms with Crippen molar-refractivity contribution in [1.82, 2.24) is 9.80 Å². The van der Waals surface area contributed by atoms with Gasteiger partial charge in [-0.1, -0.05) is 31.9 Å². The van der Waals surface area contributed by atoms with Gasteiger partial charge in [0.1, 0.15) is 17.3 Å². The number of rotatable bonds is 3. The summed E-state index contributed by atoms with van der Waals surface area (Å²) in [6.07, 6.45) is 0. The molecule has 4 rings (SSSR count). The number of ether oxygens (including phenoxy) is 1. The van der Waals surface area contributed by atoms with Crippen molar-refractivity contribution in [1.29, 1.82) is 0 Å². The molecule has 0 radical (unpaired) electrons. The van der Waals surface area contributed by atoms with E-state index in [0.717, 1.165) is 58.0 Å². The minimum Gasteiger partial charge on any atom is -0.481 e. The fraction of sp³-hybridized carbons (Fsp3) is 0.364. The van der Waals surface area contributed by atoms with E-state index in [1.165, 1.54) is 0 Å². The summed E-state index contributed by atoms with van der Waals surface area (Å²) in [5, 5.41) is 9.43. The van der Waals surface area contributed by atoms with E-state index in [1.54, 1.807) is 13.8 Å². The molecule has 158 valence electrons. The molecule has 0 aromatic heterocycles. The van der Waals surface area contributed by atoms with Gasteiger partial charge >= 0.3 is 5.97 Å². The van der Waals surface area contributed by atoms with Crippen LogP contribution in [0, 0.1) is 5.41 Å². The first-order chi connectivity index (χ1) is 14.2. The van der Waals surface area contributed by atoms with Crippen LogP contribution in [0.15, 0.2) is 50.3 Å². The van der Waals surface area contributed by atoms with Gasteiger partial charge in [0.2, 0.25) is 0 Å². The molecule has 0 spiro atoms. The number of carbonyl (C=O) groups is 1. The Bertz CT molecular complexity index is 1010. The molecule has 1 N–H and O–H groups in total. The van der Waals surface area contributed by atoms with Crippen LogP contribution in [-0.4, -0.2) is 59.4 Å². The number of halogens is 2. The number of amidine groups is 1. The molecule has 0 amide bonds. The third-order valence-corrected chi connectivity index (χ3v) is 6.41. The lowest BCUT2D eigenvalue weighted by Crippen LogP contribution is -2.52. The van der Waals surface area contributed by atoms with Gasteiger partial charge in [0.05, 0.1) is 11.0 Å². The summed E-state index contributed by atoms with van der Waals surface area (Å²) in [4.78, 5) is 20.9. The van der Waals surface area contributed by atoms with Crippen molar-refractivity contribution < 1.29 is 14.6 Å². The molecule has 30 heavy (non-hydrogen) atoms. The van der Waals surface area contributed by atoms with Crippen LogP contribution in [0.5, 0.6) is 11.5 Å². The summed E-state index contributed by atoms with van der Waals surface area (Å²) >= 11 is 7.08. The number of aliphatic imine (C=N–C) groups is 1. The molecule has 8 heteroatoms. The second-order valence-electron chi connectivity index (χ2n) is 8.24. The molecule has 2 aliphatic heterocycles. The largest absolute Gasteiger partial charge is 0.481 e. The van der Waals surface area contributed by atoms with E-state index in [4.69, 9.17) is 9.73 Å². The lowest BCUT2D eigenvalue weighted by Gasteiger charge is -2.39. The zero-order chi connectivity index (χ0) is 21.5. The highest BCUT2D eigenvalue weighted by atomic mass is 79.9. The van der Waals surface area contributed by atoms with Gasteiger partial charge in [0.25, 0.3) is 0 Å². The number of benzene rings is 2. The Kier molecular flexibility index (Phi) is 5.92. The number of hydrogen-bond acceptors (Lipinski definition) is 5. The maximum absolute atomic E-state index is 11.5. The van der Waals surface area contributed by atoms with Crippen molar-refractivity contribution in [2.45, 2.75) is 13.8 Å². The fourth-order valence-corrected chi connectivity index (χ4v) is 4.41. The zero-order valence-electron chi connectivity index (χ0n) is 16.9. The number of fused-ring (bicyclic) bond motifs is 2. The molecule has 0 saturated carbocycles. The molecule has 0 unspecified atom stereocenters. The fourth-order valence-electron chi connectivity index (χ4n) is 3.71. The Morgan fingerprint density at radius 2 is 1.73 bits per heavy atom. The Morgan fingerprint density at radius 3 is 2.43 bits per heavy atom. The summed E-state index contributed by atoms with van der Waals surface area (Å²) < 4.78 is 8.11. The normalized spacial score (nSPS) is 16.8. The predicted molar refractivity (Wildman–Crippen MR) is 124 cm³/mol. The standard InChI is InChI=1S/C22H23Br2N3O3/c1-22(2,21(28)29)13-26-7-9-27(10-8-26)20-16-11-14(23)4-6-18(16)30-19-12-15(24)3-5-17(19)25-20/h3-6,11-12H,7-10,13H2,1-2H3,(H,28,29). The molecule has 6 nitrogen and oxygen atoms in total. The second kappa shape index (κ2) is 8.32. The van der Waals surface area contributed by atoms with Crippen molar-refractivity contribution in [3.63, 3.8) is 0 Å². The summed E-state index contributed by atoms with van der Waals surface area (Å²) in [5.41, 5.74) is 0.964. The van der Waals surface area contributed by atoms with E-state index in [0.29, 0.717) is 12.3 Å². The zero-order valence-corrected chi connectivity index (χ0v) is 20.0. The van der Waals surface area contributed by atoms with Crippen LogP contribution in [0.4, 0.5) is 5.69 Å². The van der Waals surface area contributed by atoms with E-state index in [9.17, 15) is 9.90 Å². The second-order valence-corrected chi connectivity index (χ2v) is 10.1. The van der Waals surface area contributed by atoms with Gasteiger partial charge in [-0.3, -0.25) is 9.69 Å². The highest BCUT2D eigenvalue weighted by Crippen LogP contribution is 2.40. The van der Waals surface area contributed by atoms with Gasteiger partial charge in [-0.05, 0) is 50.2 Å². The van der Waals surface area contributed by atoms with Crippen LogP contribution >= 0.6 is 31.9 Å². The lowest BCUT2D eigenvalue weighted by atomic mass is 9.93. The van der Waals surface area contributed by atoms with Crippen molar-refractivity contribution in [3.8, 4) is 11.5 Å². The van der Waals surface area contributed by atoms with E-state index in [1.807, 2.05) is 36.4 Å². The molecule has 2 aromatic rings. The smallest absolute Gasteiger partial charge is 0.310 e. The van der Waals surface area contributed by atoms with Crippen LogP contribution in [-0.2, 0) is 4.79 Å². The molecule has 1 saturated heterocycles. The average Bonchev–Trinajstić information content (AvgIpc) is 2.84. The molecule has 0 aliphatic carbocycles. The van der Waals surface area contributed by atoms with Crippen LogP contribution < -0.4 is 4.74 Å². The van der Waals surface area contributed by atoms with Gasteiger partial charge in [0, 0.05) is 41.7 Å². The third-order valence-electron chi connectivity index (χ3n) is 5.42. The molecular formula is C22H23Br2N3O3. The van der Waals surface area contributed by atoms with Crippen molar-refractivity contribution in [2.75, 3.05) is 32.7 Å². The minimum atomic E-state index is -0.767. The van der Waals surface area contributed by atoms with E-state index in [2.05, 4.69) is 41.7 Å². The van der Waals surface area contributed by atoms with Gasteiger partial charge in [-0.15, -0.1) is 0 Å². The maximum atomic E-state index is 11.5. The van der Waals surface area contributed by atoms with Crippen LogP contribution in [0.3, 0.4) is 0 Å². The third kappa shape index (κ3) is 4.40. The molecule has 0 atom stereocenters. The Labute approximate surface area is 192 Å². The maximum Gasteiger partial charge on any atom is 0.310 e. The SMILES string of the molecule is CC(C)(CN1CCN(C2=Nc3ccc(Br)cc3Oc3ccc(Br)cc32)CC1)C(=O)O. The molecule has 0 bridgehead atoms. The van der Waals surface area contributed by atoms with E-state index >= 15 is 0 Å². The Balaban J connectivity index is 1.62. The Morgan fingerprint density at radius 1 is 1.07 bits per heavy atom. The average molecular weight is 537 g/mol. The molecular weight excluding hydrogens is 514 g/mol. The summed E-state index contributed by atoms with van der Waals surface area (Å²) in [6, 6.07) is 11.8. The molecule has 1 fully saturated rings. The molecule has 2 heterocycles. The number of hydrogen-bond donors (Lipinski definition) is 1. The topological polar surface area (TPSA) is 65.4 Å². The summed E-state index contributed by atoms with van der Waals surface area (Å²) in [7, 11) is 0. The van der Waals surface area contributed by atoms with Crippen LogP contribution in [0.2, 0.25) is 0 Å². The number of piperazine rings is 1. The lowest BCUT2D eigenvalue weighted by molar-refractivity contribution is -0.148. The highest BCUT2D eigenvalue weighted by molar-refractivity contribution is 9.10. The van der Waals surface area contributed by atoms with Gasteiger partial charge in [0.15, 0.2) is 5.75 Å². The van der Waals surface area contributed by atoms with Crippen LogP contribution in [0.25, 0.3) is 0 Å². The number of carboxylic acids is 1. The predicted octanol–water partition coefficient (Wildman–Crippen LogP) is 5.12. The minimum absolute atomic E-state index is 0.532.